The Hall–Kier alpha value is -3.37. The Morgan fingerprint density at radius 3 is 2.43 bits per heavy atom. The highest BCUT2D eigenvalue weighted by Crippen LogP contribution is 2.39. The van der Waals surface area contributed by atoms with Crippen molar-refractivity contribution in [2.45, 2.75) is 31.1 Å². The number of carbonyl (C=O) groups excluding carboxylic acids is 2. The van der Waals surface area contributed by atoms with Crippen LogP contribution in [0, 0.1) is 0 Å². The number of aryl methyl sites for hydroxylation is 1. The number of nitrogens with one attached hydrogen (secondary N) is 1. The number of sulfonamides is 1. The first-order chi connectivity index (χ1) is 16.8. The van der Waals surface area contributed by atoms with Crippen molar-refractivity contribution in [3.8, 4) is 5.75 Å². The predicted octanol–water partition coefficient (Wildman–Crippen LogP) is 4.26. The van der Waals surface area contributed by atoms with Gasteiger partial charge >= 0.3 is 5.97 Å². The van der Waals surface area contributed by atoms with Gasteiger partial charge in [0.2, 0.25) is 5.91 Å². The topological polar surface area (TPSA) is 102 Å². The summed E-state index contributed by atoms with van der Waals surface area (Å²) in [5.41, 5.74) is 1.57. The van der Waals surface area contributed by atoms with Crippen molar-refractivity contribution >= 4 is 43.9 Å². The van der Waals surface area contributed by atoms with Gasteiger partial charge in [-0.15, -0.1) is 11.3 Å². The highest BCUT2D eigenvalue weighted by Gasteiger charge is 2.30. The van der Waals surface area contributed by atoms with E-state index in [1.165, 1.54) is 30.6 Å². The van der Waals surface area contributed by atoms with Crippen LogP contribution in [0.1, 0.15) is 34.1 Å². The van der Waals surface area contributed by atoms with Crippen LogP contribution in [-0.2, 0) is 32.4 Å². The van der Waals surface area contributed by atoms with E-state index in [9.17, 15) is 18.0 Å². The molecule has 0 spiro atoms. The molecule has 0 radical (unpaired) electrons. The zero-order valence-electron chi connectivity index (χ0n) is 19.4. The molecule has 35 heavy (non-hydrogen) atoms. The highest BCUT2D eigenvalue weighted by molar-refractivity contribution is 7.92. The molecule has 1 heterocycles. The summed E-state index contributed by atoms with van der Waals surface area (Å²) in [5, 5.41) is 3.14. The molecular weight excluding hydrogens is 488 g/mol. The second-order valence-electron chi connectivity index (χ2n) is 7.85. The van der Waals surface area contributed by atoms with Gasteiger partial charge in [0.1, 0.15) is 17.3 Å². The minimum Gasteiger partial charge on any atom is -0.494 e. The van der Waals surface area contributed by atoms with Crippen LogP contribution in [0.4, 0.5) is 10.7 Å². The molecule has 0 unspecified atom stereocenters. The van der Waals surface area contributed by atoms with E-state index in [1.807, 2.05) is 6.92 Å². The van der Waals surface area contributed by atoms with Crippen molar-refractivity contribution in [1.82, 2.24) is 0 Å². The largest absolute Gasteiger partial charge is 0.494 e. The number of nitrogens with zero attached hydrogens (tertiary/aromatic N) is 1. The number of ether oxygens (including phenoxy) is 2. The number of hydrogen-bond acceptors (Lipinski definition) is 7. The van der Waals surface area contributed by atoms with E-state index in [2.05, 4.69) is 5.32 Å². The molecule has 0 saturated heterocycles. The molecule has 1 aromatic heterocycles. The van der Waals surface area contributed by atoms with Gasteiger partial charge in [0, 0.05) is 4.88 Å². The average Bonchev–Trinajstić information content (AvgIpc) is 3.44. The molecule has 10 heteroatoms. The summed E-state index contributed by atoms with van der Waals surface area (Å²) in [7, 11) is -2.75. The molecule has 0 bridgehead atoms. The molecule has 1 aliphatic rings. The Bertz CT molecular complexity index is 1320. The van der Waals surface area contributed by atoms with Gasteiger partial charge in [0.15, 0.2) is 0 Å². The fourth-order valence-corrected chi connectivity index (χ4v) is 6.75. The molecule has 0 fully saturated rings. The lowest BCUT2D eigenvalue weighted by Crippen LogP contribution is -2.38. The molecule has 3 aromatic rings. The lowest BCUT2D eigenvalue weighted by atomic mass is 10.1. The normalized spacial score (nSPS) is 12.6. The lowest BCUT2D eigenvalue weighted by molar-refractivity contribution is -0.114. The van der Waals surface area contributed by atoms with Gasteiger partial charge in [-0.3, -0.25) is 9.10 Å². The third-order valence-corrected chi connectivity index (χ3v) is 8.61. The van der Waals surface area contributed by atoms with Crippen molar-refractivity contribution < 1.29 is 27.5 Å². The van der Waals surface area contributed by atoms with Crippen LogP contribution in [-0.4, -0.2) is 40.6 Å². The standard InChI is InChI=1S/C25H26N2O6S2/c1-3-33-18-14-12-17(13-15-18)27(35(30,31)19-8-5-4-6-9-19)16-22(28)26-24-23(25(29)32-2)20-10-7-11-21(20)34-24/h4-6,8-9,12-15H,3,7,10-11,16H2,1-2H3,(H,26,28). The third-order valence-electron chi connectivity index (χ3n) is 5.62. The maximum atomic E-state index is 13.5. The summed E-state index contributed by atoms with van der Waals surface area (Å²) >= 11 is 1.34. The van der Waals surface area contributed by atoms with E-state index < -0.39 is 28.4 Å². The Morgan fingerprint density at radius 1 is 1.06 bits per heavy atom. The number of esters is 1. The van der Waals surface area contributed by atoms with Gasteiger partial charge in [0.25, 0.3) is 10.0 Å². The number of carbonyl (C=O) groups is 2. The number of benzene rings is 2. The van der Waals surface area contributed by atoms with E-state index in [0.29, 0.717) is 28.6 Å². The number of fused-ring (bicyclic) bond motifs is 1. The number of amides is 1. The van der Waals surface area contributed by atoms with Crippen LogP contribution in [0.3, 0.4) is 0 Å². The fraction of sp³-hybridized carbons (Fsp3) is 0.280. The van der Waals surface area contributed by atoms with Gasteiger partial charge in [-0.1, -0.05) is 18.2 Å². The van der Waals surface area contributed by atoms with Crippen LogP contribution in [0.15, 0.2) is 59.5 Å². The van der Waals surface area contributed by atoms with Crippen LogP contribution in [0.5, 0.6) is 5.75 Å². The van der Waals surface area contributed by atoms with Crippen molar-refractivity contribution in [3.63, 3.8) is 0 Å². The molecule has 1 N–H and O–H groups in total. The van der Waals surface area contributed by atoms with Crippen molar-refractivity contribution in [2.75, 3.05) is 29.9 Å². The number of rotatable bonds is 9. The van der Waals surface area contributed by atoms with Crippen LogP contribution in [0.2, 0.25) is 0 Å². The quantitative estimate of drug-likeness (QED) is 0.428. The van der Waals surface area contributed by atoms with Gasteiger partial charge < -0.3 is 14.8 Å². The molecule has 1 aliphatic carbocycles. The molecule has 2 aromatic carbocycles. The van der Waals surface area contributed by atoms with Crippen LogP contribution in [0.25, 0.3) is 0 Å². The summed E-state index contributed by atoms with van der Waals surface area (Å²) in [6.45, 7) is 1.85. The number of thiophene rings is 1. The van der Waals surface area contributed by atoms with Crippen LogP contribution >= 0.6 is 11.3 Å². The smallest absolute Gasteiger partial charge is 0.341 e. The van der Waals surface area contributed by atoms with Crippen molar-refractivity contribution in [2.24, 2.45) is 0 Å². The second kappa shape index (κ2) is 10.5. The fourth-order valence-electron chi connectivity index (χ4n) is 4.02. The summed E-state index contributed by atoms with van der Waals surface area (Å²) in [6, 6.07) is 14.4. The monoisotopic (exact) mass is 514 g/mol. The van der Waals surface area contributed by atoms with E-state index in [4.69, 9.17) is 9.47 Å². The Kier molecular flexibility index (Phi) is 7.42. The molecular formula is C25H26N2O6S2. The molecule has 8 nitrogen and oxygen atoms in total. The van der Waals surface area contributed by atoms with Gasteiger partial charge in [-0.2, -0.15) is 0 Å². The predicted molar refractivity (Wildman–Crippen MR) is 135 cm³/mol. The van der Waals surface area contributed by atoms with Crippen molar-refractivity contribution in [1.29, 1.82) is 0 Å². The first-order valence-electron chi connectivity index (χ1n) is 11.2. The van der Waals surface area contributed by atoms with E-state index in [1.54, 1.807) is 42.5 Å². The average molecular weight is 515 g/mol. The Labute approximate surface area is 208 Å². The molecule has 1 amide bonds. The third kappa shape index (κ3) is 5.18. The number of hydrogen-bond donors (Lipinski definition) is 1. The number of methoxy groups -OCH3 is 1. The van der Waals surface area contributed by atoms with Crippen LogP contribution < -0.4 is 14.4 Å². The first-order valence-corrected chi connectivity index (χ1v) is 13.4. The Morgan fingerprint density at radius 2 is 1.77 bits per heavy atom. The summed E-state index contributed by atoms with van der Waals surface area (Å²) < 4.78 is 38.5. The maximum Gasteiger partial charge on any atom is 0.341 e. The minimum absolute atomic E-state index is 0.0621. The summed E-state index contributed by atoms with van der Waals surface area (Å²) in [5.74, 6) is -0.489. The van der Waals surface area contributed by atoms with E-state index >= 15 is 0 Å². The van der Waals surface area contributed by atoms with Crippen molar-refractivity contribution in [3.05, 3.63) is 70.6 Å². The lowest BCUT2D eigenvalue weighted by Gasteiger charge is -2.24. The van der Waals surface area contributed by atoms with E-state index in [-0.39, 0.29) is 4.90 Å². The number of anilines is 2. The van der Waals surface area contributed by atoms with Gasteiger partial charge in [-0.25, -0.2) is 13.2 Å². The maximum absolute atomic E-state index is 13.5. The highest BCUT2D eigenvalue weighted by atomic mass is 32.2. The molecule has 0 saturated carbocycles. The molecule has 4 rings (SSSR count). The summed E-state index contributed by atoms with van der Waals surface area (Å²) in [6.07, 6.45) is 2.52. The second-order valence-corrected chi connectivity index (χ2v) is 10.8. The van der Waals surface area contributed by atoms with Gasteiger partial charge in [0.05, 0.1) is 29.9 Å². The van der Waals surface area contributed by atoms with Gasteiger partial charge in [-0.05, 0) is 68.1 Å². The van der Waals surface area contributed by atoms with E-state index in [0.717, 1.165) is 34.0 Å². The SMILES string of the molecule is CCOc1ccc(N(CC(=O)Nc2sc3c(c2C(=O)OC)CCC3)S(=O)(=O)c2ccccc2)cc1. The first kappa shape index (κ1) is 24.7. The molecule has 184 valence electrons. The summed E-state index contributed by atoms with van der Waals surface area (Å²) in [4.78, 5) is 26.7. The zero-order chi connectivity index (χ0) is 25.0. The zero-order valence-corrected chi connectivity index (χ0v) is 21.1. The minimum atomic E-state index is -4.05. The molecule has 0 atom stereocenters. The molecule has 0 aliphatic heterocycles. The Balaban J connectivity index is 1.65.